The average Bonchev–Trinajstić information content (AvgIpc) is 2.29. The molecule has 0 aromatic heterocycles. The van der Waals surface area contributed by atoms with Gasteiger partial charge in [0.15, 0.2) is 6.29 Å². The molecule has 5 nitrogen and oxygen atoms in total. The van der Waals surface area contributed by atoms with Gasteiger partial charge in [-0.25, -0.2) is 0 Å². The van der Waals surface area contributed by atoms with Gasteiger partial charge in [-0.1, -0.05) is 26.0 Å². The zero-order valence-corrected chi connectivity index (χ0v) is 9.88. The minimum atomic E-state index is -0.497. The van der Waals surface area contributed by atoms with Gasteiger partial charge < -0.3 is 9.47 Å². The highest BCUT2D eigenvalue weighted by molar-refractivity contribution is 5.34. The van der Waals surface area contributed by atoms with Crippen molar-refractivity contribution in [2.24, 2.45) is 5.41 Å². The van der Waals surface area contributed by atoms with Gasteiger partial charge in [-0.2, -0.15) is 0 Å². The van der Waals surface area contributed by atoms with Gasteiger partial charge in [0.25, 0.3) is 5.69 Å². The van der Waals surface area contributed by atoms with Gasteiger partial charge >= 0.3 is 0 Å². The number of ether oxygens (including phenoxy) is 2. The van der Waals surface area contributed by atoms with E-state index in [1.54, 1.807) is 12.1 Å². The Morgan fingerprint density at radius 2 is 2.00 bits per heavy atom. The Balaban J connectivity index is 2.13. The van der Waals surface area contributed by atoms with Gasteiger partial charge in [0, 0.05) is 23.1 Å². The highest BCUT2D eigenvalue weighted by atomic mass is 16.7. The van der Waals surface area contributed by atoms with E-state index in [0.29, 0.717) is 18.8 Å². The van der Waals surface area contributed by atoms with Crippen LogP contribution in [-0.4, -0.2) is 18.1 Å². The number of nitro benzene ring substituents is 1. The Labute approximate surface area is 99.5 Å². The summed E-state index contributed by atoms with van der Waals surface area (Å²) in [4.78, 5) is 10.2. The quantitative estimate of drug-likeness (QED) is 0.586. The van der Waals surface area contributed by atoms with E-state index in [4.69, 9.17) is 9.47 Å². The van der Waals surface area contributed by atoms with Gasteiger partial charge in [-0.3, -0.25) is 10.1 Å². The van der Waals surface area contributed by atoms with E-state index < -0.39 is 11.2 Å². The van der Waals surface area contributed by atoms with E-state index in [9.17, 15) is 10.1 Å². The largest absolute Gasteiger partial charge is 0.348 e. The summed E-state index contributed by atoms with van der Waals surface area (Å²) in [7, 11) is 0. The van der Waals surface area contributed by atoms with Crippen LogP contribution in [0.4, 0.5) is 5.69 Å². The Morgan fingerprint density at radius 1 is 1.35 bits per heavy atom. The number of nitro groups is 1. The minimum absolute atomic E-state index is 0.00276. The summed E-state index contributed by atoms with van der Waals surface area (Å²) in [5.41, 5.74) is 0.742. The molecule has 0 spiro atoms. The van der Waals surface area contributed by atoms with Crippen molar-refractivity contribution in [1.82, 2.24) is 0 Å². The lowest BCUT2D eigenvalue weighted by atomic mass is 9.95. The molecule has 0 N–H and O–H groups in total. The molecule has 2 rings (SSSR count). The smallest absolute Gasteiger partial charge is 0.269 e. The monoisotopic (exact) mass is 237 g/mol. The predicted molar refractivity (Wildman–Crippen MR) is 61.5 cm³/mol. The first-order chi connectivity index (χ1) is 7.98. The normalized spacial score (nSPS) is 20.1. The maximum absolute atomic E-state index is 10.7. The second-order valence-electron chi connectivity index (χ2n) is 4.97. The molecule has 1 aliphatic rings. The molecule has 1 aromatic carbocycles. The summed E-state index contributed by atoms with van der Waals surface area (Å²) in [6.07, 6.45) is -0.497. The third-order valence-corrected chi connectivity index (χ3v) is 2.60. The standard InChI is InChI=1S/C12H15NO4/c1-12(2)7-16-11(17-8-12)9-4-3-5-10(6-9)13(14)15/h3-6,11H,7-8H2,1-2H3. The second-order valence-corrected chi connectivity index (χ2v) is 4.97. The number of benzene rings is 1. The van der Waals surface area contributed by atoms with Crippen LogP contribution in [0.2, 0.25) is 0 Å². The van der Waals surface area contributed by atoms with Crippen molar-refractivity contribution in [1.29, 1.82) is 0 Å². The molecule has 0 radical (unpaired) electrons. The summed E-state index contributed by atoms with van der Waals surface area (Å²) in [6.45, 7) is 5.27. The van der Waals surface area contributed by atoms with E-state index in [-0.39, 0.29) is 11.1 Å². The Kier molecular flexibility index (Phi) is 3.13. The number of rotatable bonds is 2. The third-order valence-electron chi connectivity index (χ3n) is 2.60. The fourth-order valence-electron chi connectivity index (χ4n) is 1.67. The number of non-ortho nitro benzene ring substituents is 1. The van der Waals surface area contributed by atoms with Crippen LogP contribution in [0.1, 0.15) is 25.7 Å². The average molecular weight is 237 g/mol. The van der Waals surface area contributed by atoms with Crippen LogP contribution >= 0.6 is 0 Å². The van der Waals surface area contributed by atoms with E-state index in [1.807, 2.05) is 0 Å². The highest BCUT2D eigenvalue weighted by Gasteiger charge is 2.29. The lowest BCUT2D eigenvalue weighted by Crippen LogP contribution is -2.33. The number of nitrogens with zero attached hydrogens (tertiary/aromatic N) is 1. The molecule has 0 amide bonds. The second kappa shape index (κ2) is 4.43. The van der Waals surface area contributed by atoms with E-state index >= 15 is 0 Å². The zero-order valence-electron chi connectivity index (χ0n) is 9.88. The molecule has 0 aliphatic carbocycles. The van der Waals surface area contributed by atoms with Crippen molar-refractivity contribution in [3.63, 3.8) is 0 Å². The van der Waals surface area contributed by atoms with Crippen molar-refractivity contribution in [2.45, 2.75) is 20.1 Å². The van der Waals surface area contributed by atoms with Crippen LogP contribution in [0.15, 0.2) is 24.3 Å². The molecule has 0 unspecified atom stereocenters. The molecule has 1 aromatic rings. The van der Waals surface area contributed by atoms with E-state index in [2.05, 4.69) is 13.8 Å². The summed E-state index contributed by atoms with van der Waals surface area (Å²) < 4.78 is 11.1. The number of hydrogen-bond donors (Lipinski definition) is 0. The zero-order chi connectivity index (χ0) is 12.5. The van der Waals surface area contributed by atoms with Crippen LogP contribution < -0.4 is 0 Å². The first-order valence-electron chi connectivity index (χ1n) is 5.45. The molecule has 5 heteroatoms. The first-order valence-corrected chi connectivity index (χ1v) is 5.45. The van der Waals surface area contributed by atoms with Crippen LogP contribution in [-0.2, 0) is 9.47 Å². The lowest BCUT2D eigenvalue weighted by molar-refractivity contribution is -0.385. The predicted octanol–water partition coefficient (Wildman–Crippen LogP) is 2.67. The van der Waals surface area contributed by atoms with E-state index in [0.717, 1.165) is 0 Å². The maximum Gasteiger partial charge on any atom is 0.269 e. The van der Waals surface area contributed by atoms with Crippen LogP contribution in [0.3, 0.4) is 0 Å². The first kappa shape index (κ1) is 12.0. The Morgan fingerprint density at radius 3 is 2.59 bits per heavy atom. The van der Waals surface area contributed by atoms with Crippen LogP contribution in [0, 0.1) is 15.5 Å². The topological polar surface area (TPSA) is 61.6 Å². The third kappa shape index (κ3) is 2.81. The lowest BCUT2D eigenvalue weighted by Gasteiger charge is -2.34. The van der Waals surface area contributed by atoms with Crippen molar-refractivity contribution in [3.05, 3.63) is 39.9 Å². The fourth-order valence-corrected chi connectivity index (χ4v) is 1.67. The Hall–Kier alpha value is -1.46. The molecule has 17 heavy (non-hydrogen) atoms. The summed E-state index contributed by atoms with van der Waals surface area (Å²) >= 11 is 0. The fraction of sp³-hybridized carbons (Fsp3) is 0.500. The van der Waals surface area contributed by atoms with Gasteiger partial charge in [-0.15, -0.1) is 0 Å². The Bertz CT molecular complexity index is 420. The molecule has 1 heterocycles. The molecule has 1 fully saturated rings. The molecular weight excluding hydrogens is 222 g/mol. The summed E-state index contributed by atoms with van der Waals surface area (Å²) in [5, 5.41) is 10.7. The summed E-state index contributed by atoms with van der Waals surface area (Å²) in [6, 6.07) is 6.36. The van der Waals surface area contributed by atoms with Gasteiger partial charge in [0.05, 0.1) is 18.1 Å². The van der Waals surface area contributed by atoms with Crippen LogP contribution in [0.5, 0.6) is 0 Å². The molecule has 0 bridgehead atoms. The van der Waals surface area contributed by atoms with E-state index in [1.165, 1.54) is 12.1 Å². The molecule has 0 atom stereocenters. The molecule has 0 saturated carbocycles. The molecule has 1 aliphatic heterocycles. The highest BCUT2D eigenvalue weighted by Crippen LogP contribution is 2.32. The van der Waals surface area contributed by atoms with Gasteiger partial charge in [-0.05, 0) is 0 Å². The van der Waals surface area contributed by atoms with Crippen molar-refractivity contribution in [3.8, 4) is 0 Å². The summed E-state index contributed by atoms with van der Waals surface area (Å²) in [5.74, 6) is 0. The van der Waals surface area contributed by atoms with Gasteiger partial charge in [0.2, 0.25) is 0 Å². The maximum atomic E-state index is 10.7. The van der Waals surface area contributed by atoms with Crippen molar-refractivity contribution >= 4 is 5.69 Å². The molecule has 1 saturated heterocycles. The van der Waals surface area contributed by atoms with Crippen molar-refractivity contribution in [2.75, 3.05) is 13.2 Å². The van der Waals surface area contributed by atoms with Crippen LogP contribution in [0.25, 0.3) is 0 Å². The minimum Gasteiger partial charge on any atom is -0.348 e. The molecule has 92 valence electrons. The SMILES string of the molecule is CC1(C)COC(c2cccc([N+](=O)[O-])c2)OC1. The van der Waals surface area contributed by atoms with Gasteiger partial charge in [0.1, 0.15) is 0 Å². The number of hydrogen-bond acceptors (Lipinski definition) is 4. The van der Waals surface area contributed by atoms with Crippen molar-refractivity contribution < 1.29 is 14.4 Å². The molecular formula is C12H15NO4.